The van der Waals surface area contributed by atoms with Crippen LogP contribution in [0.5, 0.6) is 0 Å². The minimum absolute atomic E-state index is 0.320. The predicted molar refractivity (Wildman–Crippen MR) is 105 cm³/mol. The van der Waals surface area contributed by atoms with Gasteiger partial charge in [-0.3, -0.25) is 4.79 Å². The number of aromatic nitrogens is 3. The van der Waals surface area contributed by atoms with Gasteiger partial charge in [0.25, 0.3) is 5.91 Å². The topological polar surface area (TPSA) is 74.2 Å². The van der Waals surface area contributed by atoms with Gasteiger partial charge in [-0.2, -0.15) is 0 Å². The van der Waals surface area contributed by atoms with Gasteiger partial charge in [0, 0.05) is 50.5 Å². The Labute approximate surface area is 161 Å². The second-order valence-corrected chi connectivity index (χ2v) is 6.40. The lowest BCUT2D eigenvalue weighted by Gasteiger charge is -2.35. The van der Waals surface area contributed by atoms with Crippen molar-refractivity contribution in [3.05, 3.63) is 72.4 Å². The lowest BCUT2D eigenvalue weighted by molar-refractivity contribution is 0.102. The molecule has 1 aliphatic heterocycles. The molecule has 7 nitrogen and oxygen atoms in total. The number of nitrogens with zero attached hydrogens (tertiary/aromatic N) is 5. The smallest absolute Gasteiger partial charge is 0.258 e. The summed E-state index contributed by atoms with van der Waals surface area (Å²) >= 11 is 0. The zero-order valence-corrected chi connectivity index (χ0v) is 15.1. The third-order valence-corrected chi connectivity index (χ3v) is 4.52. The fraction of sp³-hybridized carbons (Fsp3) is 0.200. The van der Waals surface area contributed by atoms with E-state index in [0.717, 1.165) is 32.0 Å². The van der Waals surface area contributed by atoms with Crippen LogP contribution in [-0.4, -0.2) is 47.0 Å². The number of carbonyl (C=O) groups is 1. The molecule has 4 rings (SSSR count). The SMILES string of the molecule is O=C(Nc1cccc(F)c1)c1cnc(N2CCN(c3ccccn3)CC2)nc1. The maximum Gasteiger partial charge on any atom is 0.258 e. The van der Waals surface area contributed by atoms with Crippen LogP contribution >= 0.6 is 0 Å². The van der Waals surface area contributed by atoms with Crippen LogP contribution in [0.15, 0.2) is 61.1 Å². The van der Waals surface area contributed by atoms with Crippen molar-refractivity contribution in [1.29, 1.82) is 0 Å². The number of rotatable bonds is 4. The number of halogens is 1. The zero-order valence-electron chi connectivity index (χ0n) is 15.1. The van der Waals surface area contributed by atoms with Crippen molar-refractivity contribution in [3.63, 3.8) is 0 Å². The van der Waals surface area contributed by atoms with Gasteiger partial charge in [-0.05, 0) is 30.3 Å². The summed E-state index contributed by atoms with van der Waals surface area (Å²) in [6.07, 6.45) is 4.77. The normalized spacial score (nSPS) is 14.0. The number of hydrogen-bond acceptors (Lipinski definition) is 6. The van der Waals surface area contributed by atoms with Crippen LogP contribution in [0.1, 0.15) is 10.4 Å². The summed E-state index contributed by atoms with van der Waals surface area (Å²) in [5.74, 6) is 0.766. The molecular formula is C20H19FN6O. The highest BCUT2D eigenvalue weighted by Crippen LogP contribution is 2.16. The Morgan fingerprint density at radius 3 is 2.36 bits per heavy atom. The summed E-state index contributed by atoms with van der Waals surface area (Å²) in [6, 6.07) is 11.6. The van der Waals surface area contributed by atoms with Crippen LogP contribution in [0.4, 0.5) is 21.8 Å². The Morgan fingerprint density at radius 1 is 0.929 bits per heavy atom. The molecule has 1 amide bonds. The molecule has 0 unspecified atom stereocenters. The minimum atomic E-state index is -0.408. The van der Waals surface area contributed by atoms with E-state index in [1.807, 2.05) is 18.2 Å². The molecule has 0 radical (unpaired) electrons. The maximum absolute atomic E-state index is 13.2. The number of anilines is 3. The average molecular weight is 378 g/mol. The van der Waals surface area contributed by atoms with Gasteiger partial charge in [-0.15, -0.1) is 0 Å². The number of benzene rings is 1. The molecule has 0 aliphatic carbocycles. The predicted octanol–water partition coefficient (Wildman–Crippen LogP) is 2.59. The van der Waals surface area contributed by atoms with Crippen LogP contribution in [0, 0.1) is 5.82 Å². The van der Waals surface area contributed by atoms with Crippen LogP contribution < -0.4 is 15.1 Å². The van der Waals surface area contributed by atoms with E-state index in [0.29, 0.717) is 17.2 Å². The Hall–Kier alpha value is -3.55. The third-order valence-electron chi connectivity index (χ3n) is 4.52. The Morgan fingerprint density at radius 2 is 1.68 bits per heavy atom. The maximum atomic E-state index is 13.2. The summed E-state index contributed by atoms with van der Waals surface area (Å²) in [5.41, 5.74) is 0.708. The van der Waals surface area contributed by atoms with Gasteiger partial charge in [0.2, 0.25) is 5.95 Å². The van der Waals surface area contributed by atoms with E-state index in [2.05, 4.69) is 30.1 Å². The van der Waals surface area contributed by atoms with Crippen molar-refractivity contribution in [2.75, 3.05) is 41.3 Å². The van der Waals surface area contributed by atoms with Crippen molar-refractivity contribution in [2.24, 2.45) is 0 Å². The molecule has 3 aromatic rings. The summed E-state index contributed by atoms with van der Waals surface area (Å²) in [4.78, 5) is 29.6. The van der Waals surface area contributed by atoms with Gasteiger partial charge in [0.15, 0.2) is 0 Å². The highest BCUT2D eigenvalue weighted by atomic mass is 19.1. The molecule has 3 heterocycles. The summed E-state index contributed by atoms with van der Waals surface area (Å²) < 4.78 is 13.2. The molecule has 0 saturated carbocycles. The molecule has 0 spiro atoms. The Balaban J connectivity index is 1.36. The summed E-state index contributed by atoms with van der Waals surface area (Å²) in [5, 5.41) is 2.64. The van der Waals surface area contributed by atoms with E-state index in [9.17, 15) is 9.18 Å². The van der Waals surface area contributed by atoms with Crippen molar-refractivity contribution >= 4 is 23.4 Å². The van der Waals surface area contributed by atoms with Gasteiger partial charge in [-0.1, -0.05) is 12.1 Å². The Bertz CT molecular complexity index is 942. The van der Waals surface area contributed by atoms with E-state index in [1.165, 1.54) is 30.6 Å². The number of nitrogens with one attached hydrogen (secondary N) is 1. The first-order chi connectivity index (χ1) is 13.7. The van der Waals surface area contributed by atoms with E-state index in [-0.39, 0.29) is 5.91 Å². The lowest BCUT2D eigenvalue weighted by Crippen LogP contribution is -2.47. The van der Waals surface area contributed by atoms with E-state index in [4.69, 9.17) is 0 Å². The monoisotopic (exact) mass is 378 g/mol. The Kier molecular flexibility index (Phi) is 5.09. The van der Waals surface area contributed by atoms with Crippen molar-refractivity contribution < 1.29 is 9.18 Å². The molecule has 2 aromatic heterocycles. The lowest BCUT2D eigenvalue weighted by atomic mass is 10.2. The molecule has 0 atom stereocenters. The fourth-order valence-electron chi connectivity index (χ4n) is 3.05. The van der Waals surface area contributed by atoms with Crippen molar-refractivity contribution in [1.82, 2.24) is 15.0 Å². The molecule has 28 heavy (non-hydrogen) atoms. The van der Waals surface area contributed by atoms with Crippen LogP contribution in [0.2, 0.25) is 0 Å². The highest BCUT2D eigenvalue weighted by molar-refractivity contribution is 6.03. The van der Waals surface area contributed by atoms with Gasteiger partial charge in [0.1, 0.15) is 11.6 Å². The first kappa shape index (κ1) is 17.8. The zero-order chi connectivity index (χ0) is 19.3. The molecular weight excluding hydrogens is 359 g/mol. The van der Waals surface area contributed by atoms with E-state index >= 15 is 0 Å². The van der Waals surface area contributed by atoms with Crippen LogP contribution in [0.3, 0.4) is 0 Å². The fourth-order valence-corrected chi connectivity index (χ4v) is 3.05. The van der Waals surface area contributed by atoms with E-state index in [1.54, 1.807) is 12.3 Å². The van der Waals surface area contributed by atoms with Gasteiger partial charge in [-0.25, -0.2) is 19.3 Å². The number of hydrogen-bond donors (Lipinski definition) is 1. The van der Waals surface area contributed by atoms with E-state index < -0.39 is 5.82 Å². The standard InChI is InChI=1S/C20H19FN6O/c21-16-4-3-5-17(12-16)25-19(28)15-13-23-20(24-14-15)27-10-8-26(9-11-27)18-6-1-2-7-22-18/h1-7,12-14H,8-11H2,(H,25,28). The second kappa shape index (κ2) is 7.99. The quantitative estimate of drug-likeness (QED) is 0.752. The molecule has 1 saturated heterocycles. The molecule has 8 heteroatoms. The second-order valence-electron chi connectivity index (χ2n) is 6.40. The van der Waals surface area contributed by atoms with Crippen molar-refractivity contribution in [3.8, 4) is 0 Å². The van der Waals surface area contributed by atoms with Gasteiger partial charge >= 0.3 is 0 Å². The first-order valence-electron chi connectivity index (χ1n) is 8.99. The number of amides is 1. The molecule has 0 bridgehead atoms. The molecule has 1 N–H and O–H groups in total. The number of pyridine rings is 1. The molecule has 1 aromatic carbocycles. The van der Waals surface area contributed by atoms with Gasteiger partial charge in [0.05, 0.1) is 5.56 Å². The minimum Gasteiger partial charge on any atom is -0.353 e. The highest BCUT2D eigenvalue weighted by Gasteiger charge is 2.20. The van der Waals surface area contributed by atoms with Crippen LogP contribution in [0.25, 0.3) is 0 Å². The van der Waals surface area contributed by atoms with Crippen LogP contribution in [-0.2, 0) is 0 Å². The summed E-state index contributed by atoms with van der Waals surface area (Å²) in [6.45, 7) is 3.18. The van der Waals surface area contributed by atoms with Crippen molar-refractivity contribution in [2.45, 2.75) is 0 Å². The molecule has 1 fully saturated rings. The third kappa shape index (κ3) is 4.06. The largest absolute Gasteiger partial charge is 0.353 e. The first-order valence-corrected chi connectivity index (χ1v) is 8.99. The molecule has 142 valence electrons. The number of carbonyl (C=O) groups excluding carboxylic acids is 1. The molecule has 1 aliphatic rings. The van der Waals surface area contributed by atoms with Gasteiger partial charge < -0.3 is 15.1 Å². The average Bonchev–Trinajstić information content (AvgIpc) is 2.75. The number of piperazine rings is 1. The summed E-state index contributed by atoms with van der Waals surface area (Å²) in [7, 11) is 0.